The molecule has 18 heavy (non-hydrogen) atoms. The van der Waals surface area contributed by atoms with E-state index in [0.717, 1.165) is 19.3 Å². The second kappa shape index (κ2) is 12.0. The van der Waals surface area contributed by atoms with Gasteiger partial charge in [0.2, 0.25) is 5.91 Å². The Bertz CT molecular complexity index is 244. The van der Waals surface area contributed by atoms with E-state index in [-0.39, 0.29) is 41.4 Å². The van der Waals surface area contributed by atoms with Crippen LogP contribution in [0, 0.1) is 5.92 Å². The molecule has 0 saturated carbocycles. The summed E-state index contributed by atoms with van der Waals surface area (Å²) in [7, 11) is 0. The maximum absolute atomic E-state index is 11.5. The predicted octanol–water partition coefficient (Wildman–Crippen LogP) is 1.92. The molecule has 0 rings (SSSR count). The van der Waals surface area contributed by atoms with Crippen LogP contribution in [0.2, 0.25) is 0 Å². The summed E-state index contributed by atoms with van der Waals surface area (Å²) in [4.78, 5) is 22.4. The van der Waals surface area contributed by atoms with E-state index in [2.05, 4.69) is 12.2 Å². The number of rotatable bonds is 9. The predicted molar refractivity (Wildman–Crippen MR) is 74.9 cm³/mol. The summed E-state index contributed by atoms with van der Waals surface area (Å²) in [6.45, 7) is 5.73. The molecule has 0 aliphatic rings. The molecule has 0 aromatic carbocycles. The normalized spacial score (nSPS) is 11.8. The summed E-state index contributed by atoms with van der Waals surface area (Å²) in [6, 6.07) is -0.766. The SMILES string of the molecule is CCCCCCCC(=O)N[C@H](C(=O)O)C(C)C.[NaH]. The Labute approximate surface area is 132 Å². The molecule has 0 aromatic heterocycles. The molecule has 0 fully saturated rings. The Morgan fingerprint density at radius 2 is 1.67 bits per heavy atom. The second-order valence-corrected chi connectivity index (χ2v) is 4.79. The minimum absolute atomic E-state index is 0. The van der Waals surface area contributed by atoms with Crippen molar-refractivity contribution in [3.63, 3.8) is 0 Å². The van der Waals surface area contributed by atoms with Crippen molar-refractivity contribution in [3.05, 3.63) is 0 Å². The van der Waals surface area contributed by atoms with Crippen molar-refractivity contribution in [2.75, 3.05) is 0 Å². The molecule has 0 aliphatic heterocycles. The van der Waals surface area contributed by atoms with Crippen molar-refractivity contribution in [1.82, 2.24) is 5.32 Å². The van der Waals surface area contributed by atoms with Crippen molar-refractivity contribution in [2.45, 2.75) is 65.3 Å². The second-order valence-electron chi connectivity index (χ2n) is 4.79. The van der Waals surface area contributed by atoms with Crippen molar-refractivity contribution in [2.24, 2.45) is 5.92 Å². The summed E-state index contributed by atoms with van der Waals surface area (Å²) >= 11 is 0. The molecule has 0 aromatic rings. The Morgan fingerprint density at radius 3 is 2.11 bits per heavy atom. The van der Waals surface area contributed by atoms with Crippen LogP contribution in [0.15, 0.2) is 0 Å². The number of hydrogen-bond acceptors (Lipinski definition) is 2. The van der Waals surface area contributed by atoms with E-state index in [1.165, 1.54) is 12.8 Å². The molecule has 1 atom stereocenters. The van der Waals surface area contributed by atoms with Gasteiger partial charge in [-0.25, -0.2) is 4.79 Å². The average molecular weight is 267 g/mol. The first-order chi connectivity index (χ1) is 7.99. The number of nitrogens with one attached hydrogen (secondary N) is 1. The molecule has 0 spiro atoms. The molecule has 0 bridgehead atoms. The Kier molecular flexibility index (Phi) is 13.5. The fourth-order valence-electron chi connectivity index (χ4n) is 1.65. The Morgan fingerprint density at radius 1 is 1.11 bits per heavy atom. The van der Waals surface area contributed by atoms with E-state index in [0.29, 0.717) is 6.42 Å². The van der Waals surface area contributed by atoms with E-state index in [9.17, 15) is 9.59 Å². The molecule has 0 aliphatic carbocycles. The number of amides is 1. The van der Waals surface area contributed by atoms with Crippen LogP contribution in [0.4, 0.5) is 0 Å². The number of carboxylic acids is 1. The van der Waals surface area contributed by atoms with Gasteiger partial charge in [-0.2, -0.15) is 0 Å². The molecule has 0 saturated heterocycles. The number of hydrogen-bond donors (Lipinski definition) is 2. The third kappa shape index (κ3) is 9.92. The Balaban J connectivity index is 0. The summed E-state index contributed by atoms with van der Waals surface area (Å²) in [5.74, 6) is -1.20. The zero-order chi connectivity index (χ0) is 13.3. The van der Waals surface area contributed by atoms with Crippen LogP contribution < -0.4 is 5.32 Å². The first kappa shape index (κ1) is 20.3. The number of carbonyl (C=O) groups excluding carboxylic acids is 1. The zero-order valence-corrected chi connectivity index (χ0v) is 11.2. The van der Waals surface area contributed by atoms with Crippen LogP contribution in [-0.4, -0.2) is 52.6 Å². The quantitative estimate of drug-likeness (QED) is 0.495. The van der Waals surface area contributed by atoms with Crippen molar-refractivity contribution < 1.29 is 14.7 Å². The van der Waals surface area contributed by atoms with Gasteiger partial charge in [-0.05, 0) is 12.3 Å². The number of unbranched alkanes of at least 4 members (excludes halogenated alkanes) is 4. The zero-order valence-electron chi connectivity index (χ0n) is 11.2. The summed E-state index contributed by atoms with van der Waals surface area (Å²) < 4.78 is 0. The molecule has 1 amide bonds. The fourth-order valence-corrected chi connectivity index (χ4v) is 1.65. The van der Waals surface area contributed by atoms with Gasteiger partial charge in [-0.1, -0.05) is 46.5 Å². The van der Waals surface area contributed by atoms with Crippen LogP contribution in [0.3, 0.4) is 0 Å². The number of aliphatic carboxylic acids is 1. The van der Waals surface area contributed by atoms with E-state index < -0.39 is 12.0 Å². The van der Waals surface area contributed by atoms with Gasteiger partial charge in [0, 0.05) is 6.42 Å². The summed E-state index contributed by atoms with van der Waals surface area (Å²) in [6.07, 6.45) is 5.85. The molecule has 0 heterocycles. The third-order valence-electron chi connectivity index (χ3n) is 2.76. The van der Waals surface area contributed by atoms with E-state index in [4.69, 9.17) is 5.11 Å². The van der Waals surface area contributed by atoms with Crippen LogP contribution in [0.1, 0.15) is 59.3 Å². The number of carbonyl (C=O) groups is 2. The van der Waals surface area contributed by atoms with E-state index >= 15 is 0 Å². The first-order valence-electron chi connectivity index (χ1n) is 6.51. The van der Waals surface area contributed by atoms with Crippen LogP contribution in [0.25, 0.3) is 0 Å². The monoisotopic (exact) mass is 267 g/mol. The van der Waals surface area contributed by atoms with Gasteiger partial charge in [0.1, 0.15) is 6.04 Å². The van der Waals surface area contributed by atoms with Gasteiger partial charge in [0.15, 0.2) is 0 Å². The fraction of sp³-hybridized carbons (Fsp3) is 0.846. The van der Waals surface area contributed by atoms with Crippen molar-refractivity contribution >= 4 is 41.4 Å². The molecular weight excluding hydrogens is 241 g/mol. The van der Waals surface area contributed by atoms with Gasteiger partial charge < -0.3 is 10.4 Å². The van der Waals surface area contributed by atoms with Crippen molar-refractivity contribution in [3.8, 4) is 0 Å². The van der Waals surface area contributed by atoms with E-state index in [1.807, 2.05) is 0 Å². The molecule has 4 nitrogen and oxygen atoms in total. The molecule has 2 N–H and O–H groups in total. The average Bonchev–Trinajstić information content (AvgIpc) is 2.24. The molecule has 102 valence electrons. The molecular formula is C13H26NNaO3. The molecule has 0 unspecified atom stereocenters. The minimum atomic E-state index is -0.959. The van der Waals surface area contributed by atoms with E-state index in [1.54, 1.807) is 13.8 Å². The van der Waals surface area contributed by atoms with Gasteiger partial charge in [0.05, 0.1) is 0 Å². The third-order valence-corrected chi connectivity index (χ3v) is 2.76. The standard InChI is InChI=1S/C13H25NO3.Na.H/c1-4-5-6-7-8-9-11(15)14-12(10(2)3)13(16)17;;/h10,12H,4-9H2,1-3H3,(H,14,15)(H,16,17);;/t12-;;/m0../s1. The summed E-state index contributed by atoms with van der Waals surface area (Å²) in [5.41, 5.74) is 0. The van der Waals surface area contributed by atoms with Crippen LogP contribution in [-0.2, 0) is 9.59 Å². The van der Waals surface area contributed by atoms with Gasteiger partial charge >= 0.3 is 35.5 Å². The molecule has 5 heteroatoms. The summed E-state index contributed by atoms with van der Waals surface area (Å²) in [5, 5.41) is 11.5. The van der Waals surface area contributed by atoms with Gasteiger partial charge in [0.25, 0.3) is 0 Å². The topological polar surface area (TPSA) is 66.4 Å². The molecule has 0 radical (unpaired) electrons. The first-order valence-corrected chi connectivity index (χ1v) is 6.51. The van der Waals surface area contributed by atoms with Crippen LogP contribution >= 0.6 is 0 Å². The Hall–Kier alpha value is -0.0600. The maximum atomic E-state index is 11.5. The van der Waals surface area contributed by atoms with Gasteiger partial charge in [-0.3, -0.25) is 4.79 Å². The number of carboxylic acid groups (broad SMARTS) is 1. The van der Waals surface area contributed by atoms with Gasteiger partial charge in [-0.15, -0.1) is 0 Å². The van der Waals surface area contributed by atoms with Crippen molar-refractivity contribution in [1.29, 1.82) is 0 Å². The van der Waals surface area contributed by atoms with Crippen LogP contribution in [0.5, 0.6) is 0 Å².